The highest BCUT2D eigenvalue weighted by atomic mass is 35.5. The predicted octanol–water partition coefficient (Wildman–Crippen LogP) is 8.35. The SMILES string of the molecule is Cc1ccc(C(O)=C2C(=O)C(=O)N(c3nnc(SCc4ccc(Cl)cc4)s3)[C@H]2c2cccc(Oc3ccccc3)c2)cc1F. The molecule has 1 atom stereocenters. The summed E-state index contributed by atoms with van der Waals surface area (Å²) in [7, 11) is 0. The number of benzene rings is 4. The summed E-state index contributed by atoms with van der Waals surface area (Å²) in [4.78, 5) is 28.4. The fraction of sp³-hybridized carbons (Fsp3) is 0.0909. The van der Waals surface area contributed by atoms with Gasteiger partial charge in [-0.25, -0.2) is 4.39 Å². The minimum Gasteiger partial charge on any atom is -0.507 e. The number of anilines is 1. The number of carbonyl (C=O) groups is 2. The number of aliphatic hydroxyl groups is 1. The molecule has 0 bridgehead atoms. The van der Waals surface area contributed by atoms with Crippen LogP contribution in [0.5, 0.6) is 11.5 Å². The lowest BCUT2D eigenvalue weighted by atomic mass is 9.95. The quantitative estimate of drug-likeness (QED) is 0.0597. The topological polar surface area (TPSA) is 92.6 Å². The lowest BCUT2D eigenvalue weighted by Gasteiger charge is -2.23. The molecular formula is C33H23ClFN3O4S2. The molecule has 0 unspecified atom stereocenters. The van der Waals surface area contributed by atoms with Gasteiger partial charge in [-0.3, -0.25) is 14.5 Å². The summed E-state index contributed by atoms with van der Waals surface area (Å²) in [6, 6.07) is 26.5. The molecule has 44 heavy (non-hydrogen) atoms. The largest absolute Gasteiger partial charge is 0.507 e. The minimum atomic E-state index is -1.08. The smallest absolute Gasteiger partial charge is 0.301 e. The highest BCUT2D eigenvalue weighted by molar-refractivity contribution is 8.00. The van der Waals surface area contributed by atoms with Crippen molar-refractivity contribution in [2.75, 3.05) is 4.90 Å². The predicted molar refractivity (Wildman–Crippen MR) is 170 cm³/mol. The Hall–Kier alpha value is -4.51. The number of rotatable bonds is 8. The summed E-state index contributed by atoms with van der Waals surface area (Å²) >= 11 is 8.57. The standard InChI is InChI=1S/C33H23ClFN3O4S2/c1-19-10-13-22(17-26(19)35)29(39)27-28(21-6-5-9-25(16-21)42-24-7-3-2-4-8-24)38(31(41)30(27)40)32-36-37-33(44-32)43-18-20-11-14-23(34)15-12-20/h2-17,28,39H,18H2,1H3/t28-/m0/s1. The van der Waals surface area contributed by atoms with Crippen molar-refractivity contribution in [3.63, 3.8) is 0 Å². The number of nitrogens with zero attached hydrogens (tertiary/aromatic N) is 3. The zero-order valence-electron chi connectivity index (χ0n) is 23.1. The maximum atomic E-state index is 14.5. The summed E-state index contributed by atoms with van der Waals surface area (Å²) in [5.41, 5.74) is 1.77. The molecular weight excluding hydrogens is 621 g/mol. The molecule has 11 heteroatoms. The zero-order valence-corrected chi connectivity index (χ0v) is 25.5. The van der Waals surface area contributed by atoms with Gasteiger partial charge in [-0.2, -0.15) is 0 Å². The van der Waals surface area contributed by atoms with Crippen molar-refractivity contribution < 1.29 is 23.8 Å². The van der Waals surface area contributed by atoms with E-state index in [1.54, 1.807) is 55.5 Å². The van der Waals surface area contributed by atoms with E-state index < -0.39 is 29.3 Å². The summed E-state index contributed by atoms with van der Waals surface area (Å²) in [5, 5.41) is 20.7. The van der Waals surface area contributed by atoms with Crippen LogP contribution in [-0.4, -0.2) is 27.0 Å². The van der Waals surface area contributed by atoms with E-state index in [2.05, 4.69) is 10.2 Å². The van der Waals surface area contributed by atoms with Gasteiger partial charge in [0.15, 0.2) is 4.34 Å². The number of aliphatic hydroxyl groups excluding tert-OH is 1. The summed E-state index contributed by atoms with van der Waals surface area (Å²) in [6.45, 7) is 1.59. The number of ketones is 1. The first-order chi connectivity index (χ1) is 21.3. The number of carbonyl (C=O) groups excluding carboxylic acids is 2. The second-order valence-corrected chi connectivity index (χ2v) is 12.5. The van der Waals surface area contributed by atoms with E-state index in [-0.39, 0.29) is 16.3 Å². The van der Waals surface area contributed by atoms with Crippen molar-refractivity contribution in [3.8, 4) is 11.5 Å². The van der Waals surface area contributed by atoms with E-state index in [0.29, 0.717) is 37.7 Å². The van der Waals surface area contributed by atoms with Crippen molar-refractivity contribution in [3.05, 3.63) is 136 Å². The van der Waals surface area contributed by atoms with E-state index in [9.17, 15) is 19.1 Å². The molecule has 0 spiro atoms. The van der Waals surface area contributed by atoms with Crippen LogP contribution in [0.15, 0.2) is 107 Å². The van der Waals surface area contributed by atoms with Crippen LogP contribution in [0.1, 0.15) is 28.3 Å². The number of Topliss-reactive ketones (excluding diaryl/α,β-unsaturated/α-hetero) is 1. The summed E-state index contributed by atoms with van der Waals surface area (Å²) in [6.07, 6.45) is 0. The molecule has 1 aliphatic heterocycles. The van der Waals surface area contributed by atoms with E-state index in [4.69, 9.17) is 16.3 Å². The molecule has 6 rings (SSSR count). The average Bonchev–Trinajstić information content (AvgIpc) is 3.60. The van der Waals surface area contributed by atoms with Crippen LogP contribution >= 0.6 is 34.7 Å². The Labute approximate surface area is 265 Å². The van der Waals surface area contributed by atoms with Crippen LogP contribution in [0.3, 0.4) is 0 Å². The molecule has 1 amide bonds. The van der Waals surface area contributed by atoms with Crippen molar-refractivity contribution in [2.45, 2.75) is 23.1 Å². The second-order valence-electron chi connectivity index (χ2n) is 9.89. The Kier molecular flexibility index (Phi) is 8.47. The second kappa shape index (κ2) is 12.6. The number of hydrogen-bond acceptors (Lipinski definition) is 8. The number of aryl methyl sites for hydroxylation is 1. The maximum Gasteiger partial charge on any atom is 0.301 e. The first kappa shape index (κ1) is 29.6. The lowest BCUT2D eigenvalue weighted by Crippen LogP contribution is -2.29. The van der Waals surface area contributed by atoms with Crippen molar-refractivity contribution in [1.29, 1.82) is 0 Å². The fourth-order valence-corrected chi connectivity index (χ4v) is 6.65. The van der Waals surface area contributed by atoms with Crippen LogP contribution < -0.4 is 9.64 Å². The number of para-hydroxylation sites is 1. The van der Waals surface area contributed by atoms with E-state index in [0.717, 1.165) is 23.0 Å². The molecule has 1 aromatic heterocycles. The van der Waals surface area contributed by atoms with Gasteiger partial charge in [-0.1, -0.05) is 89.3 Å². The molecule has 4 aromatic carbocycles. The van der Waals surface area contributed by atoms with Crippen LogP contribution in [0, 0.1) is 12.7 Å². The summed E-state index contributed by atoms with van der Waals surface area (Å²) < 4.78 is 21.1. The van der Waals surface area contributed by atoms with E-state index in [1.807, 2.05) is 30.3 Å². The van der Waals surface area contributed by atoms with Gasteiger partial charge in [-0.15, -0.1) is 10.2 Å². The molecule has 7 nitrogen and oxygen atoms in total. The number of halogens is 2. The highest BCUT2D eigenvalue weighted by Crippen LogP contribution is 2.45. The van der Waals surface area contributed by atoms with Crippen LogP contribution in [-0.2, 0) is 15.3 Å². The Morgan fingerprint density at radius 3 is 2.48 bits per heavy atom. The fourth-order valence-electron chi connectivity index (χ4n) is 4.70. The average molecular weight is 644 g/mol. The molecule has 1 saturated heterocycles. The Morgan fingerprint density at radius 2 is 1.73 bits per heavy atom. The number of amides is 1. The van der Waals surface area contributed by atoms with Gasteiger partial charge < -0.3 is 9.84 Å². The maximum absolute atomic E-state index is 14.5. The van der Waals surface area contributed by atoms with Crippen molar-refractivity contribution >= 4 is 57.3 Å². The van der Waals surface area contributed by atoms with Crippen molar-refractivity contribution in [1.82, 2.24) is 10.2 Å². The van der Waals surface area contributed by atoms with E-state index in [1.165, 1.54) is 28.8 Å². The van der Waals surface area contributed by atoms with Gasteiger partial charge in [-0.05, 0) is 66.1 Å². The first-order valence-electron chi connectivity index (χ1n) is 13.4. The molecule has 1 aliphatic rings. The van der Waals surface area contributed by atoms with Crippen molar-refractivity contribution in [2.24, 2.45) is 0 Å². The number of hydrogen-bond donors (Lipinski definition) is 1. The van der Waals surface area contributed by atoms with Gasteiger partial charge in [0.25, 0.3) is 5.78 Å². The number of ether oxygens (including phenoxy) is 1. The molecule has 1 N–H and O–H groups in total. The highest BCUT2D eigenvalue weighted by Gasteiger charge is 2.48. The third kappa shape index (κ3) is 6.10. The molecule has 220 valence electrons. The summed E-state index contributed by atoms with van der Waals surface area (Å²) in [5.74, 6) is -1.21. The van der Waals surface area contributed by atoms with Gasteiger partial charge in [0, 0.05) is 16.3 Å². The normalized spacial score (nSPS) is 16.0. The minimum absolute atomic E-state index is 0.0734. The third-order valence-corrected chi connectivity index (χ3v) is 9.30. The third-order valence-electron chi connectivity index (χ3n) is 6.92. The lowest BCUT2D eigenvalue weighted by molar-refractivity contribution is -0.132. The van der Waals surface area contributed by atoms with Gasteiger partial charge >= 0.3 is 5.91 Å². The monoisotopic (exact) mass is 643 g/mol. The number of aromatic nitrogens is 2. The van der Waals surface area contributed by atoms with E-state index >= 15 is 0 Å². The molecule has 0 saturated carbocycles. The molecule has 0 radical (unpaired) electrons. The van der Waals surface area contributed by atoms with Gasteiger partial charge in [0.05, 0.1) is 11.6 Å². The zero-order chi connectivity index (χ0) is 30.8. The Balaban J connectivity index is 1.40. The number of thioether (sulfide) groups is 1. The van der Waals surface area contributed by atoms with Crippen LogP contribution in [0.25, 0.3) is 5.76 Å². The van der Waals surface area contributed by atoms with Crippen LogP contribution in [0.4, 0.5) is 9.52 Å². The Morgan fingerprint density at radius 1 is 0.977 bits per heavy atom. The Bertz CT molecular complexity index is 1900. The first-order valence-corrected chi connectivity index (χ1v) is 15.6. The van der Waals surface area contributed by atoms with Gasteiger partial charge in [0.2, 0.25) is 5.13 Å². The van der Waals surface area contributed by atoms with Crippen LogP contribution in [0.2, 0.25) is 5.02 Å². The molecule has 5 aromatic rings. The molecule has 2 heterocycles. The molecule has 1 fully saturated rings. The van der Waals surface area contributed by atoms with Gasteiger partial charge in [0.1, 0.15) is 23.1 Å². The molecule has 0 aliphatic carbocycles.